The molecule has 0 unspecified atom stereocenters. The molecule has 8 nitrogen and oxygen atoms in total. The quantitative estimate of drug-likeness (QED) is 0.413. The van der Waals surface area contributed by atoms with Gasteiger partial charge >= 0.3 is 12.1 Å². The number of nitrogens with zero attached hydrogens (tertiary/aromatic N) is 1. The number of aliphatic hydroxyl groups is 1. The Morgan fingerprint density at radius 3 is 2.03 bits per heavy atom. The summed E-state index contributed by atoms with van der Waals surface area (Å²) >= 11 is 0. The van der Waals surface area contributed by atoms with E-state index in [1.54, 1.807) is 0 Å². The van der Waals surface area contributed by atoms with E-state index in [2.05, 4.69) is 10.6 Å². The molecule has 2 aromatic carbocycles. The fourth-order valence-electron chi connectivity index (χ4n) is 4.23. The summed E-state index contributed by atoms with van der Waals surface area (Å²) in [6.45, 7) is 3.72. The summed E-state index contributed by atoms with van der Waals surface area (Å²) in [4.78, 5) is 38.4. The molecule has 3 rings (SSSR count). The van der Waals surface area contributed by atoms with Crippen LogP contribution >= 0.6 is 0 Å². The molecule has 4 amide bonds. The highest BCUT2D eigenvalue weighted by Gasteiger charge is 2.44. The van der Waals surface area contributed by atoms with Gasteiger partial charge in [-0.05, 0) is 36.3 Å². The predicted octanol–water partition coefficient (Wildman–Crippen LogP) is 2.80. The Hall–Kier alpha value is -3.39. The third-order valence-corrected chi connectivity index (χ3v) is 5.93. The van der Waals surface area contributed by atoms with E-state index in [1.165, 1.54) is 4.90 Å². The van der Waals surface area contributed by atoms with Crippen LogP contribution in [0.15, 0.2) is 60.7 Å². The first-order valence-corrected chi connectivity index (χ1v) is 11.1. The molecule has 8 heteroatoms. The minimum absolute atomic E-state index is 0.0383. The van der Waals surface area contributed by atoms with Crippen molar-refractivity contribution in [3.05, 3.63) is 71.8 Å². The van der Waals surface area contributed by atoms with Gasteiger partial charge in [-0.25, -0.2) is 9.59 Å². The van der Waals surface area contributed by atoms with Crippen molar-refractivity contribution in [1.82, 2.24) is 15.5 Å². The van der Waals surface area contributed by atoms with E-state index in [9.17, 15) is 24.6 Å². The van der Waals surface area contributed by atoms with Crippen LogP contribution in [0.25, 0.3) is 0 Å². The Kier molecular flexibility index (Phi) is 8.06. The molecular formula is C25H31N3O5. The van der Waals surface area contributed by atoms with Gasteiger partial charge in [-0.15, -0.1) is 0 Å². The summed E-state index contributed by atoms with van der Waals surface area (Å²) in [5.41, 5.74) is 1.78. The Bertz CT molecular complexity index is 951. The maximum Gasteiger partial charge on any atom is 0.404 e. The van der Waals surface area contributed by atoms with Crippen molar-refractivity contribution in [2.75, 3.05) is 0 Å². The first-order valence-electron chi connectivity index (χ1n) is 11.1. The molecule has 33 heavy (non-hydrogen) atoms. The number of amides is 4. The number of carbonyl (C=O) groups is 3. The zero-order chi connectivity index (χ0) is 24.0. The van der Waals surface area contributed by atoms with E-state index in [-0.39, 0.29) is 24.7 Å². The highest BCUT2D eigenvalue weighted by Crippen LogP contribution is 2.23. The summed E-state index contributed by atoms with van der Waals surface area (Å²) in [6, 6.07) is 16.1. The zero-order valence-corrected chi connectivity index (χ0v) is 18.8. The molecule has 4 N–H and O–H groups in total. The molecule has 1 aliphatic heterocycles. The van der Waals surface area contributed by atoms with E-state index in [0.717, 1.165) is 11.1 Å². The van der Waals surface area contributed by atoms with Gasteiger partial charge in [0.05, 0.1) is 12.1 Å². The molecule has 4 atom stereocenters. The average molecular weight is 454 g/mol. The molecule has 1 fully saturated rings. The number of urea groups is 1. The molecule has 1 saturated heterocycles. The number of hydrogen-bond donors (Lipinski definition) is 4. The smallest absolute Gasteiger partial charge is 0.404 e. The molecule has 2 aromatic rings. The van der Waals surface area contributed by atoms with Gasteiger partial charge in [0, 0.05) is 6.04 Å². The summed E-state index contributed by atoms with van der Waals surface area (Å²) in [6.07, 6.45) is -1.69. The Balaban J connectivity index is 1.85. The van der Waals surface area contributed by atoms with Gasteiger partial charge in [0.15, 0.2) is 0 Å². The van der Waals surface area contributed by atoms with Crippen LogP contribution in [0.3, 0.4) is 0 Å². The van der Waals surface area contributed by atoms with Crippen LogP contribution in [0.4, 0.5) is 9.59 Å². The number of aliphatic hydroxyl groups excluding tert-OH is 1. The van der Waals surface area contributed by atoms with E-state index in [1.807, 2.05) is 74.5 Å². The van der Waals surface area contributed by atoms with Gasteiger partial charge in [-0.1, -0.05) is 74.5 Å². The molecule has 0 saturated carbocycles. The number of nitrogens with one attached hydrogen (secondary N) is 2. The summed E-state index contributed by atoms with van der Waals surface area (Å²) in [5.74, 6) is -0.401. The molecule has 0 radical (unpaired) electrons. The summed E-state index contributed by atoms with van der Waals surface area (Å²) < 4.78 is 0. The SMILES string of the molecule is CC(C)[C@@H]1NC(=O)N([C@@H](Cc2ccccc2)C[C@@H](O)[C@H](Cc2ccccc2)NC(=O)O)C1=O. The second-order valence-electron chi connectivity index (χ2n) is 8.77. The lowest BCUT2D eigenvalue weighted by Gasteiger charge is -2.31. The van der Waals surface area contributed by atoms with Crippen molar-refractivity contribution < 1.29 is 24.6 Å². The fraction of sp³-hybridized carbons (Fsp3) is 0.400. The first-order chi connectivity index (χ1) is 15.8. The average Bonchev–Trinajstić information content (AvgIpc) is 3.08. The molecule has 176 valence electrons. The van der Waals surface area contributed by atoms with Crippen molar-refractivity contribution in [3.63, 3.8) is 0 Å². The number of carboxylic acid groups (broad SMARTS) is 1. The molecule has 1 aliphatic rings. The number of hydrogen-bond acceptors (Lipinski definition) is 4. The summed E-state index contributed by atoms with van der Waals surface area (Å²) in [5, 5.41) is 25.5. The minimum atomic E-state index is -1.25. The van der Waals surface area contributed by atoms with E-state index in [0.29, 0.717) is 6.42 Å². The standard InChI is InChI=1S/C25H31N3O5/c1-16(2)22-23(30)28(24(31)27-22)19(13-17-9-5-3-6-10-17)15-21(29)20(26-25(32)33)14-18-11-7-4-8-12-18/h3-12,16,19-22,26,29H,13-15H2,1-2H3,(H,27,31)(H,32,33)/t19-,20-,21+,22-/m0/s1. The number of benzene rings is 2. The Morgan fingerprint density at radius 1 is 1.00 bits per heavy atom. The number of carbonyl (C=O) groups excluding carboxylic acids is 2. The van der Waals surface area contributed by atoms with Crippen LogP contribution in [-0.2, 0) is 17.6 Å². The van der Waals surface area contributed by atoms with Crippen LogP contribution in [0.1, 0.15) is 31.4 Å². The lowest BCUT2D eigenvalue weighted by molar-refractivity contribution is -0.130. The highest BCUT2D eigenvalue weighted by molar-refractivity contribution is 6.04. The van der Waals surface area contributed by atoms with Crippen LogP contribution in [0.5, 0.6) is 0 Å². The fourth-order valence-corrected chi connectivity index (χ4v) is 4.23. The normalized spacial score (nSPS) is 18.7. The van der Waals surface area contributed by atoms with E-state index < -0.39 is 36.4 Å². The molecule has 0 spiro atoms. The molecule has 0 bridgehead atoms. The van der Waals surface area contributed by atoms with Crippen LogP contribution in [0.2, 0.25) is 0 Å². The van der Waals surface area contributed by atoms with Gasteiger partial charge in [-0.3, -0.25) is 9.69 Å². The van der Waals surface area contributed by atoms with E-state index in [4.69, 9.17) is 0 Å². The predicted molar refractivity (Wildman–Crippen MR) is 124 cm³/mol. The summed E-state index contributed by atoms with van der Waals surface area (Å²) in [7, 11) is 0. The van der Waals surface area contributed by atoms with Crippen molar-refractivity contribution in [2.24, 2.45) is 5.92 Å². The number of rotatable bonds is 10. The Morgan fingerprint density at radius 2 is 1.55 bits per heavy atom. The third kappa shape index (κ3) is 6.32. The van der Waals surface area contributed by atoms with Gasteiger partial charge in [-0.2, -0.15) is 0 Å². The molecule has 1 heterocycles. The Labute approximate surface area is 193 Å². The maximum atomic E-state index is 13.1. The first kappa shape index (κ1) is 24.3. The number of imide groups is 1. The largest absolute Gasteiger partial charge is 0.465 e. The topological polar surface area (TPSA) is 119 Å². The molecular weight excluding hydrogens is 422 g/mol. The molecule has 0 aromatic heterocycles. The minimum Gasteiger partial charge on any atom is -0.465 e. The maximum absolute atomic E-state index is 13.1. The van der Waals surface area contributed by atoms with Gasteiger partial charge < -0.3 is 20.8 Å². The monoisotopic (exact) mass is 453 g/mol. The van der Waals surface area contributed by atoms with E-state index >= 15 is 0 Å². The van der Waals surface area contributed by atoms with Crippen molar-refractivity contribution in [3.8, 4) is 0 Å². The van der Waals surface area contributed by atoms with Gasteiger partial charge in [0.25, 0.3) is 5.91 Å². The third-order valence-electron chi connectivity index (χ3n) is 5.93. The highest BCUT2D eigenvalue weighted by atomic mass is 16.4. The van der Waals surface area contributed by atoms with Crippen LogP contribution < -0.4 is 10.6 Å². The van der Waals surface area contributed by atoms with Crippen LogP contribution in [0, 0.1) is 5.92 Å². The second-order valence-corrected chi connectivity index (χ2v) is 8.77. The molecule has 0 aliphatic carbocycles. The lowest BCUT2D eigenvalue weighted by Crippen LogP contribution is -2.50. The second kappa shape index (κ2) is 11.0. The van der Waals surface area contributed by atoms with Crippen LogP contribution in [-0.4, -0.2) is 57.4 Å². The lowest BCUT2D eigenvalue weighted by atomic mass is 9.92. The zero-order valence-electron chi connectivity index (χ0n) is 18.8. The van der Waals surface area contributed by atoms with Crippen molar-refractivity contribution in [2.45, 2.75) is 57.3 Å². The van der Waals surface area contributed by atoms with Gasteiger partial charge in [0.1, 0.15) is 6.04 Å². The van der Waals surface area contributed by atoms with Crippen molar-refractivity contribution in [1.29, 1.82) is 0 Å². The van der Waals surface area contributed by atoms with Gasteiger partial charge in [0.2, 0.25) is 0 Å². The van der Waals surface area contributed by atoms with Crippen molar-refractivity contribution >= 4 is 18.0 Å².